The molecule has 0 spiro atoms. The van der Waals surface area contributed by atoms with Crippen LogP contribution in [0.15, 0.2) is 36.4 Å². The third-order valence-corrected chi connectivity index (χ3v) is 4.54. The molecule has 1 aliphatic carbocycles. The van der Waals surface area contributed by atoms with E-state index in [-0.39, 0.29) is 36.9 Å². The van der Waals surface area contributed by atoms with E-state index in [4.69, 9.17) is 4.74 Å². The van der Waals surface area contributed by atoms with Gasteiger partial charge in [-0.05, 0) is 44.2 Å². The van der Waals surface area contributed by atoms with Crippen LogP contribution in [0.5, 0.6) is 0 Å². The first kappa shape index (κ1) is 20.7. The SMILES string of the molecule is CCCN(CC(=O)Nc1ccccc1C)C(=O)COC(=O)C1CC=CCC1. The van der Waals surface area contributed by atoms with Gasteiger partial charge in [-0.25, -0.2) is 0 Å². The van der Waals surface area contributed by atoms with Crippen LogP contribution in [0.2, 0.25) is 0 Å². The number of rotatable bonds is 8. The molecule has 0 bridgehead atoms. The number of benzene rings is 1. The van der Waals surface area contributed by atoms with Gasteiger partial charge in [-0.3, -0.25) is 14.4 Å². The summed E-state index contributed by atoms with van der Waals surface area (Å²) in [6, 6.07) is 7.47. The van der Waals surface area contributed by atoms with Gasteiger partial charge in [-0.2, -0.15) is 0 Å². The van der Waals surface area contributed by atoms with Crippen LogP contribution in [-0.4, -0.2) is 42.4 Å². The largest absolute Gasteiger partial charge is 0.455 e. The average molecular weight is 372 g/mol. The Labute approximate surface area is 160 Å². The van der Waals surface area contributed by atoms with E-state index in [1.165, 1.54) is 4.90 Å². The Kier molecular flexibility index (Phi) is 8.04. The second-order valence-electron chi connectivity index (χ2n) is 6.77. The van der Waals surface area contributed by atoms with Crippen molar-refractivity contribution in [3.8, 4) is 0 Å². The van der Waals surface area contributed by atoms with Crippen LogP contribution in [-0.2, 0) is 19.1 Å². The number of carbonyl (C=O) groups is 3. The first-order valence-electron chi connectivity index (χ1n) is 9.46. The Hall–Kier alpha value is -2.63. The van der Waals surface area contributed by atoms with Crippen LogP contribution in [0.3, 0.4) is 0 Å². The highest BCUT2D eigenvalue weighted by Gasteiger charge is 2.23. The highest BCUT2D eigenvalue weighted by Crippen LogP contribution is 2.19. The molecule has 0 fully saturated rings. The first-order valence-corrected chi connectivity index (χ1v) is 9.46. The number of para-hydroxylation sites is 1. The fourth-order valence-corrected chi connectivity index (χ4v) is 2.99. The van der Waals surface area contributed by atoms with Crippen molar-refractivity contribution in [2.75, 3.05) is 25.0 Å². The normalized spacial score (nSPS) is 15.9. The van der Waals surface area contributed by atoms with Gasteiger partial charge in [0.25, 0.3) is 5.91 Å². The Bertz CT molecular complexity index is 699. The van der Waals surface area contributed by atoms with Crippen LogP contribution >= 0.6 is 0 Å². The topological polar surface area (TPSA) is 75.7 Å². The maximum Gasteiger partial charge on any atom is 0.309 e. The zero-order valence-corrected chi connectivity index (χ0v) is 16.1. The number of nitrogens with one attached hydrogen (secondary N) is 1. The second kappa shape index (κ2) is 10.5. The molecule has 1 N–H and O–H groups in total. The van der Waals surface area contributed by atoms with Crippen LogP contribution in [0.4, 0.5) is 5.69 Å². The van der Waals surface area contributed by atoms with E-state index in [9.17, 15) is 14.4 Å². The van der Waals surface area contributed by atoms with Gasteiger partial charge < -0.3 is 15.0 Å². The molecule has 1 unspecified atom stereocenters. The predicted molar refractivity (Wildman–Crippen MR) is 104 cm³/mol. The fraction of sp³-hybridized carbons (Fsp3) is 0.476. The molecule has 1 aliphatic rings. The molecule has 0 aromatic heterocycles. The van der Waals surface area contributed by atoms with Crippen LogP contribution in [0.25, 0.3) is 0 Å². The molecule has 1 aromatic rings. The molecule has 0 heterocycles. The summed E-state index contributed by atoms with van der Waals surface area (Å²) < 4.78 is 5.19. The summed E-state index contributed by atoms with van der Waals surface area (Å²) in [4.78, 5) is 38.3. The number of allylic oxidation sites excluding steroid dienone is 2. The summed E-state index contributed by atoms with van der Waals surface area (Å²) in [7, 11) is 0. The molecule has 1 atom stereocenters. The summed E-state index contributed by atoms with van der Waals surface area (Å²) >= 11 is 0. The van der Waals surface area contributed by atoms with Crippen LogP contribution in [0, 0.1) is 12.8 Å². The number of carbonyl (C=O) groups excluding carboxylic acids is 3. The van der Waals surface area contributed by atoms with Gasteiger partial charge in [0.05, 0.1) is 12.5 Å². The Morgan fingerprint density at radius 2 is 2.00 bits per heavy atom. The maximum atomic E-state index is 12.4. The quantitative estimate of drug-likeness (QED) is 0.562. The number of hydrogen-bond acceptors (Lipinski definition) is 4. The lowest BCUT2D eigenvalue weighted by atomic mass is 9.95. The number of ether oxygens (including phenoxy) is 1. The van der Waals surface area contributed by atoms with Gasteiger partial charge in [0.1, 0.15) is 0 Å². The van der Waals surface area contributed by atoms with E-state index in [0.717, 1.165) is 24.1 Å². The van der Waals surface area contributed by atoms with Gasteiger partial charge in [0.2, 0.25) is 5.91 Å². The van der Waals surface area contributed by atoms with Gasteiger partial charge in [0.15, 0.2) is 6.61 Å². The van der Waals surface area contributed by atoms with Crippen molar-refractivity contribution in [3.05, 3.63) is 42.0 Å². The monoisotopic (exact) mass is 372 g/mol. The lowest BCUT2D eigenvalue weighted by Gasteiger charge is -2.22. The van der Waals surface area contributed by atoms with Crippen molar-refractivity contribution in [1.82, 2.24) is 4.90 Å². The Balaban J connectivity index is 1.86. The number of aryl methyl sites for hydroxylation is 1. The highest BCUT2D eigenvalue weighted by atomic mass is 16.5. The van der Waals surface area contributed by atoms with Crippen molar-refractivity contribution in [3.63, 3.8) is 0 Å². The van der Waals surface area contributed by atoms with Crippen molar-refractivity contribution >= 4 is 23.5 Å². The standard InChI is InChI=1S/C21H28N2O4/c1-3-13-23(14-19(24)22-18-12-8-7-9-16(18)2)20(25)15-27-21(26)17-10-5-4-6-11-17/h4-5,7-9,12,17H,3,6,10-11,13-15H2,1-2H3,(H,22,24). The maximum absolute atomic E-state index is 12.4. The molecule has 6 heteroatoms. The van der Waals surface area contributed by atoms with Crippen molar-refractivity contribution in [2.24, 2.45) is 5.92 Å². The smallest absolute Gasteiger partial charge is 0.309 e. The van der Waals surface area contributed by atoms with Crippen molar-refractivity contribution < 1.29 is 19.1 Å². The second-order valence-corrected chi connectivity index (χ2v) is 6.77. The lowest BCUT2D eigenvalue weighted by molar-refractivity contribution is -0.156. The predicted octanol–water partition coefficient (Wildman–Crippen LogP) is 3.07. The Morgan fingerprint density at radius 3 is 2.67 bits per heavy atom. The van der Waals surface area contributed by atoms with Crippen molar-refractivity contribution in [2.45, 2.75) is 39.5 Å². The van der Waals surface area contributed by atoms with Crippen LogP contribution < -0.4 is 5.32 Å². The van der Waals surface area contributed by atoms with Gasteiger partial charge in [-0.15, -0.1) is 0 Å². The molecular formula is C21H28N2O4. The molecule has 6 nitrogen and oxygen atoms in total. The number of esters is 1. The minimum absolute atomic E-state index is 0.0648. The lowest BCUT2D eigenvalue weighted by Crippen LogP contribution is -2.41. The first-order chi connectivity index (χ1) is 13.0. The summed E-state index contributed by atoms with van der Waals surface area (Å²) in [6.07, 6.45) is 6.99. The highest BCUT2D eigenvalue weighted by molar-refractivity contribution is 5.95. The molecule has 27 heavy (non-hydrogen) atoms. The van der Waals surface area contributed by atoms with Gasteiger partial charge in [-0.1, -0.05) is 37.3 Å². The van der Waals surface area contributed by atoms with E-state index in [1.807, 2.05) is 50.3 Å². The molecule has 0 saturated carbocycles. The molecule has 0 aliphatic heterocycles. The van der Waals surface area contributed by atoms with Crippen molar-refractivity contribution in [1.29, 1.82) is 0 Å². The number of anilines is 1. The number of hydrogen-bond donors (Lipinski definition) is 1. The summed E-state index contributed by atoms with van der Waals surface area (Å²) in [6.45, 7) is 3.88. The van der Waals surface area contributed by atoms with E-state index < -0.39 is 0 Å². The minimum Gasteiger partial charge on any atom is -0.455 e. The zero-order chi connectivity index (χ0) is 19.6. The Morgan fingerprint density at radius 1 is 1.22 bits per heavy atom. The third kappa shape index (κ3) is 6.55. The fourth-order valence-electron chi connectivity index (χ4n) is 2.99. The van der Waals surface area contributed by atoms with E-state index >= 15 is 0 Å². The summed E-state index contributed by atoms with van der Waals surface area (Å²) in [5.74, 6) is -1.13. The molecule has 146 valence electrons. The zero-order valence-electron chi connectivity index (χ0n) is 16.1. The molecule has 1 aromatic carbocycles. The van der Waals surface area contributed by atoms with Gasteiger partial charge >= 0.3 is 5.97 Å². The minimum atomic E-state index is -0.350. The average Bonchev–Trinajstić information content (AvgIpc) is 2.68. The molecule has 0 saturated heterocycles. The summed E-state index contributed by atoms with van der Waals surface area (Å²) in [5, 5.41) is 2.82. The number of nitrogens with zero attached hydrogens (tertiary/aromatic N) is 1. The molecule has 2 amide bonds. The summed E-state index contributed by atoms with van der Waals surface area (Å²) in [5.41, 5.74) is 1.68. The van der Waals surface area contributed by atoms with E-state index in [1.54, 1.807) is 0 Å². The molecule has 0 radical (unpaired) electrons. The number of amides is 2. The third-order valence-electron chi connectivity index (χ3n) is 4.54. The van der Waals surface area contributed by atoms with E-state index in [2.05, 4.69) is 5.32 Å². The van der Waals surface area contributed by atoms with Gasteiger partial charge in [0, 0.05) is 12.2 Å². The molecular weight excluding hydrogens is 344 g/mol. The molecule has 2 rings (SSSR count). The van der Waals surface area contributed by atoms with E-state index in [0.29, 0.717) is 19.4 Å². The van der Waals surface area contributed by atoms with Crippen LogP contribution in [0.1, 0.15) is 38.2 Å².